The Bertz CT molecular complexity index is 1400. The van der Waals surface area contributed by atoms with Crippen LogP contribution < -0.4 is 5.32 Å². The normalized spacial score (nSPS) is 11.6. The second-order valence-electron chi connectivity index (χ2n) is 7.30. The number of anilines is 1. The van der Waals surface area contributed by atoms with Crippen LogP contribution in [0.15, 0.2) is 70.0 Å². The lowest BCUT2D eigenvalue weighted by Crippen LogP contribution is -2.14. The molecule has 6 nitrogen and oxygen atoms in total. The van der Waals surface area contributed by atoms with Gasteiger partial charge in [0.25, 0.3) is 5.91 Å². The summed E-state index contributed by atoms with van der Waals surface area (Å²) in [5.41, 5.74) is 4.65. The first-order valence-electron chi connectivity index (χ1n) is 9.90. The van der Waals surface area contributed by atoms with Gasteiger partial charge in [-0.05, 0) is 61.4 Å². The van der Waals surface area contributed by atoms with Crippen LogP contribution >= 0.6 is 0 Å². The molecule has 158 valence electrons. The summed E-state index contributed by atoms with van der Waals surface area (Å²) in [5, 5.41) is 2.96. The first-order chi connectivity index (χ1) is 14.8. The van der Waals surface area contributed by atoms with E-state index in [1.54, 1.807) is 19.1 Å². The number of sulfone groups is 1. The first-order valence-corrected chi connectivity index (χ1v) is 11.6. The van der Waals surface area contributed by atoms with E-state index < -0.39 is 9.84 Å². The quantitative estimate of drug-likeness (QED) is 0.469. The molecule has 4 rings (SSSR count). The molecule has 0 aliphatic heterocycles. The van der Waals surface area contributed by atoms with E-state index in [1.807, 2.05) is 50.2 Å². The van der Waals surface area contributed by atoms with Crippen molar-refractivity contribution in [3.05, 3.63) is 77.4 Å². The predicted molar refractivity (Wildman–Crippen MR) is 121 cm³/mol. The number of amides is 1. The zero-order chi connectivity index (χ0) is 22.2. The van der Waals surface area contributed by atoms with Crippen LogP contribution in [0.25, 0.3) is 22.6 Å². The summed E-state index contributed by atoms with van der Waals surface area (Å²) >= 11 is 0. The molecule has 0 saturated carbocycles. The molecule has 3 aromatic carbocycles. The molecule has 0 unspecified atom stereocenters. The molecule has 1 amide bonds. The maximum atomic E-state index is 12.7. The number of hydrogen-bond acceptors (Lipinski definition) is 5. The third kappa shape index (κ3) is 3.96. The molecule has 0 saturated heterocycles. The zero-order valence-electron chi connectivity index (χ0n) is 17.5. The topological polar surface area (TPSA) is 89.3 Å². The molecule has 0 spiro atoms. The van der Waals surface area contributed by atoms with E-state index in [4.69, 9.17) is 4.42 Å². The highest BCUT2D eigenvalue weighted by Crippen LogP contribution is 2.31. The first kappa shape index (κ1) is 20.8. The maximum absolute atomic E-state index is 12.7. The molecule has 0 radical (unpaired) electrons. The fourth-order valence-electron chi connectivity index (χ4n) is 3.40. The van der Waals surface area contributed by atoms with Gasteiger partial charge in [0.05, 0.1) is 10.6 Å². The number of benzene rings is 3. The van der Waals surface area contributed by atoms with Crippen molar-refractivity contribution in [3.8, 4) is 11.5 Å². The minimum absolute atomic E-state index is 0.0188. The molecule has 0 aliphatic rings. The Kier molecular flexibility index (Phi) is 5.37. The lowest BCUT2D eigenvalue weighted by atomic mass is 10.1. The van der Waals surface area contributed by atoms with E-state index in [2.05, 4.69) is 10.3 Å². The molecule has 4 aromatic rings. The summed E-state index contributed by atoms with van der Waals surface area (Å²) in [7, 11) is -3.33. The van der Waals surface area contributed by atoms with E-state index in [0.29, 0.717) is 28.2 Å². The van der Waals surface area contributed by atoms with Gasteiger partial charge in [-0.2, -0.15) is 0 Å². The van der Waals surface area contributed by atoms with Crippen molar-refractivity contribution in [1.29, 1.82) is 0 Å². The SMILES string of the molecule is CCS(=O)(=O)c1ccc2oc(-c3cccc(NC(=O)c4ccccc4C)c3C)nc2c1. The summed E-state index contributed by atoms with van der Waals surface area (Å²) in [5.74, 6) is 0.196. The van der Waals surface area contributed by atoms with Gasteiger partial charge in [-0.3, -0.25) is 4.79 Å². The number of aromatic nitrogens is 1. The Morgan fingerprint density at radius 1 is 1.03 bits per heavy atom. The van der Waals surface area contributed by atoms with Crippen molar-refractivity contribution in [3.63, 3.8) is 0 Å². The highest BCUT2D eigenvalue weighted by Gasteiger charge is 2.18. The number of nitrogens with one attached hydrogen (secondary N) is 1. The third-order valence-electron chi connectivity index (χ3n) is 5.30. The van der Waals surface area contributed by atoms with E-state index in [1.165, 1.54) is 12.1 Å². The largest absolute Gasteiger partial charge is 0.436 e. The average molecular weight is 435 g/mol. The van der Waals surface area contributed by atoms with Crippen molar-refractivity contribution in [1.82, 2.24) is 4.98 Å². The van der Waals surface area contributed by atoms with Gasteiger partial charge in [0, 0.05) is 16.8 Å². The van der Waals surface area contributed by atoms with E-state index in [-0.39, 0.29) is 16.6 Å². The molecule has 1 heterocycles. The van der Waals surface area contributed by atoms with Gasteiger partial charge in [0.1, 0.15) is 5.52 Å². The number of carbonyl (C=O) groups excluding carboxylic acids is 1. The number of rotatable bonds is 5. The van der Waals surface area contributed by atoms with Crippen LogP contribution in [0.3, 0.4) is 0 Å². The van der Waals surface area contributed by atoms with Crippen molar-refractivity contribution in [2.24, 2.45) is 0 Å². The third-order valence-corrected chi connectivity index (χ3v) is 7.03. The number of carbonyl (C=O) groups is 1. The molecule has 7 heteroatoms. The molecule has 0 atom stereocenters. The van der Waals surface area contributed by atoms with Crippen molar-refractivity contribution in [2.75, 3.05) is 11.1 Å². The monoisotopic (exact) mass is 434 g/mol. The summed E-state index contributed by atoms with van der Waals surface area (Å²) in [6.07, 6.45) is 0. The Morgan fingerprint density at radius 3 is 2.55 bits per heavy atom. The van der Waals surface area contributed by atoms with Crippen LogP contribution in [0.4, 0.5) is 5.69 Å². The fourth-order valence-corrected chi connectivity index (χ4v) is 4.30. The highest BCUT2D eigenvalue weighted by atomic mass is 32.2. The van der Waals surface area contributed by atoms with Crippen LogP contribution in [0.5, 0.6) is 0 Å². The van der Waals surface area contributed by atoms with Gasteiger partial charge in [0.2, 0.25) is 5.89 Å². The van der Waals surface area contributed by atoms with E-state index >= 15 is 0 Å². The molecular formula is C24H22N2O4S. The molecule has 31 heavy (non-hydrogen) atoms. The highest BCUT2D eigenvalue weighted by molar-refractivity contribution is 7.91. The molecular weight excluding hydrogens is 412 g/mol. The number of nitrogens with zero attached hydrogens (tertiary/aromatic N) is 1. The summed E-state index contributed by atoms with van der Waals surface area (Å²) < 4.78 is 30.2. The maximum Gasteiger partial charge on any atom is 0.255 e. The van der Waals surface area contributed by atoms with Crippen LogP contribution in [0.2, 0.25) is 0 Å². The van der Waals surface area contributed by atoms with E-state index in [9.17, 15) is 13.2 Å². The second kappa shape index (κ2) is 8.00. The molecule has 1 aromatic heterocycles. The van der Waals surface area contributed by atoms with Crippen LogP contribution in [0, 0.1) is 13.8 Å². The smallest absolute Gasteiger partial charge is 0.255 e. The Labute approximate surface area is 180 Å². The second-order valence-corrected chi connectivity index (χ2v) is 9.58. The minimum Gasteiger partial charge on any atom is -0.436 e. The van der Waals surface area contributed by atoms with Gasteiger partial charge in [0.15, 0.2) is 15.4 Å². The number of hydrogen-bond donors (Lipinski definition) is 1. The van der Waals surface area contributed by atoms with Gasteiger partial charge in [-0.1, -0.05) is 31.2 Å². The summed E-state index contributed by atoms with van der Waals surface area (Å²) in [6.45, 7) is 5.38. The Morgan fingerprint density at radius 2 is 1.81 bits per heavy atom. The number of fused-ring (bicyclic) bond motifs is 1. The lowest BCUT2D eigenvalue weighted by molar-refractivity contribution is 0.102. The lowest BCUT2D eigenvalue weighted by Gasteiger charge is -2.12. The van der Waals surface area contributed by atoms with Crippen LogP contribution in [-0.2, 0) is 9.84 Å². The van der Waals surface area contributed by atoms with Gasteiger partial charge >= 0.3 is 0 Å². The average Bonchev–Trinajstić information content (AvgIpc) is 3.18. The van der Waals surface area contributed by atoms with Crippen molar-refractivity contribution in [2.45, 2.75) is 25.7 Å². The number of oxazole rings is 1. The van der Waals surface area contributed by atoms with E-state index in [0.717, 1.165) is 16.7 Å². The molecule has 0 fully saturated rings. The van der Waals surface area contributed by atoms with Crippen LogP contribution in [-0.4, -0.2) is 25.1 Å². The predicted octanol–water partition coefficient (Wildman–Crippen LogP) is 5.16. The minimum atomic E-state index is -3.33. The Balaban J connectivity index is 1.70. The number of aryl methyl sites for hydroxylation is 1. The van der Waals surface area contributed by atoms with Crippen LogP contribution in [0.1, 0.15) is 28.4 Å². The molecule has 0 bridgehead atoms. The van der Waals surface area contributed by atoms with Gasteiger partial charge in [-0.25, -0.2) is 13.4 Å². The van der Waals surface area contributed by atoms with Gasteiger partial charge < -0.3 is 9.73 Å². The fraction of sp³-hybridized carbons (Fsp3) is 0.167. The van der Waals surface area contributed by atoms with Crippen molar-refractivity contribution >= 4 is 32.5 Å². The van der Waals surface area contributed by atoms with Crippen molar-refractivity contribution < 1.29 is 17.6 Å². The molecule has 1 N–H and O–H groups in total. The molecule has 0 aliphatic carbocycles. The Hall–Kier alpha value is -3.45. The standard InChI is InChI=1S/C24H22N2O4S/c1-4-31(28,29)17-12-13-22-21(14-17)26-24(30-22)19-10-7-11-20(16(19)3)25-23(27)18-9-6-5-8-15(18)2/h5-14H,4H2,1-3H3,(H,25,27). The van der Waals surface area contributed by atoms with Gasteiger partial charge in [-0.15, -0.1) is 0 Å². The summed E-state index contributed by atoms with van der Waals surface area (Å²) in [6, 6.07) is 17.6. The zero-order valence-corrected chi connectivity index (χ0v) is 18.3. The summed E-state index contributed by atoms with van der Waals surface area (Å²) in [4.78, 5) is 17.5.